The number of rotatable bonds is 8. The lowest BCUT2D eigenvalue weighted by Gasteiger charge is -2.20. The first-order chi connectivity index (χ1) is 12.2. The standard InChI is InChI=1S/C16H16N2O7S/c1-25-14-6-8-15(9-7-14)26(23,24)17(11-16(19)20)10-12-2-4-13(5-3-12)18(21)22/h2-9H,10-11H2,1H3,(H,19,20). The molecule has 0 fully saturated rings. The quantitative estimate of drug-likeness (QED) is 0.547. The Balaban J connectivity index is 2.32. The molecule has 2 rings (SSSR count). The van der Waals surface area contributed by atoms with Gasteiger partial charge in [-0.15, -0.1) is 0 Å². The zero-order valence-electron chi connectivity index (χ0n) is 13.7. The first kappa shape index (κ1) is 19.3. The number of hydrogen-bond acceptors (Lipinski definition) is 6. The molecule has 9 nitrogen and oxygen atoms in total. The summed E-state index contributed by atoms with van der Waals surface area (Å²) in [5, 5.41) is 19.7. The van der Waals surface area contributed by atoms with Crippen molar-refractivity contribution >= 4 is 21.7 Å². The lowest BCUT2D eigenvalue weighted by molar-refractivity contribution is -0.384. The average Bonchev–Trinajstić information content (AvgIpc) is 2.61. The molecular weight excluding hydrogens is 364 g/mol. The summed E-state index contributed by atoms with van der Waals surface area (Å²) in [4.78, 5) is 21.1. The third kappa shape index (κ3) is 4.55. The Hall–Kier alpha value is -2.98. The molecule has 0 atom stereocenters. The highest BCUT2D eigenvalue weighted by Crippen LogP contribution is 2.22. The molecule has 1 N–H and O–H groups in total. The van der Waals surface area contributed by atoms with E-state index in [1.165, 1.54) is 55.6 Å². The van der Waals surface area contributed by atoms with Crippen molar-refractivity contribution in [3.63, 3.8) is 0 Å². The van der Waals surface area contributed by atoms with Crippen LogP contribution in [-0.4, -0.2) is 42.4 Å². The number of ether oxygens (including phenoxy) is 1. The van der Waals surface area contributed by atoms with Crippen LogP contribution in [0.15, 0.2) is 53.4 Å². The van der Waals surface area contributed by atoms with E-state index >= 15 is 0 Å². The van der Waals surface area contributed by atoms with E-state index in [0.29, 0.717) is 11.3 Å². The molecule has 0 unspecified atom stereocenters. The number of carboxylic acid groups (broad SMARTS) is 1. The van der Waals surface area contributed by atoms with Crippen LogP contribution in [0, 0.1) is 10.1 Å². The monoisotopic (exact) mass is 380 g/mol. The fourth-order valence-electron chi connectivity index (χ4n) is 2.20. The van der Waals surface area contributed by atoms with E-state index in [1.54, 1.807) is 0 Å². The Labute approximate surface area is 149 Å². The Morgan fingerprint density at radius 2 is 1.73 bits per heavy atom. The minimum atomic E-state index is -4.08. The first-order valence-electron chi connectivity index (χ1n) is 7.33. The van der Waals surface area contributed by atoms with Gasteiger partial charge < -0.3 is 9.84 Å². The van der Waals surface area contributed by atoms with Gasteiger partial charge in [0.1, 0.15) is 12.3 Å². The van der Waals surface area contributed by atoms with Crippen molar-refractivity contribution < 1.29 is 28.0 Å². The summed E-state index contributed by atoms with van der Waals surface area (Å²) in [5.74, 6) is -0.854. The molecule has 2 aromatic carbocycles. The summed E-state index contributed by atoms with van der Waals surface area (Å²) in [6.45, 7) is -0.982. The molecule has 0 aliphatic carbocycles. The summed E-state index contributed by atoms with van der Waals surface area (Å²) in [5.41, 5.74) is 0.283. The van der Waals surface area contributed by atoms with Gasteiger partial charge in [-0.2, -0.15) is 4.31 Å². The number of carboxylic acids is 1. The van der Waals surface area contributed by atoms with Crippen LogP contribution in [0.25, 0.3) is 0 Å². The SMILES string of the molecule is COc1ccc(S(=O)(=O)N(CC(=O)O)Cc2ccc([N+](=O)[O-])cc2)cc1. The van der Waals surface area contributed by atoms with Crippen LogP contribution in [0.3, 0.4) is 0 Å². The van der Waals surface area contributed by atoms with Crippen molar-refractivity contribution in [1.29, 1.82) is 0 Å². The van der Waals surface area contributed by atoms with Crippen molar-refractivity contribution in [2.24, 2.45) is 0 Å². The molecule has 0 bridgehead atoms. The maximum atomic E-state index is 12.8. The molecule has 26 heavy (non-hydrogen) atoms. The number of nitro benzene ring substituents is 1. The number of non-ortho nitro benzene ring substituents is 1. The molecule has 0 spiro atoms. The van der Waals surface area contributed by atoms with Gasteiger partial charge in [-0.05, 0) is 29.8 Å². The van der Waals surface area contributed by atoms with Crippen LogP contribution >= 0.6 is 0 Å². The van der Waals surface area contributed by atoms with Gasteiger partial charge in [0.25, 0.3) is 5.69 Å². The normalized spacial score (nSPS) is 11.3. The fraction of sp³-hybridized carbons (Fsp3) is 0.188. The van der Waals surface area contributed by atoms with E-state index in [0.717, 1.165) is 4.31 Å². The number of sulfonamides is 1. The van der Waals surface area contributed by atoms with Crippen molar-refractivity contribution in [2.75, 3.05) is 13.7 Å². The number of methoxy groups -OCH3 is 1. The molecule has 138 valence electrons. The van der Waals surface area contributed by atoms with Gasteiger partial charge in [0.15, 0.2) is 0 Å². The molecule has 0 saturated carbocycles. The molecular formula is C16H16N2O7S. The molecule has 0 radical (unpaired) electrons. The summed E-state index contributed by atoms with van der Waals surface area (Å²) in [6.07, 6.45) is 0. The third-order valence-corrected chi connectivity index (χ3v) is 5.32. The molecule has 0 amide bonds. The first-order valence-corrected chi connectivity index (χ1v) is 8.77. The molecule has 10 heteroatoms. The predicted octanol–water partition coefficient (Wildman–Crippen LogP) is 1.88. The second kappa shape index (κ2) is 7.93. The van der Waals surface area contributed by atoms with Crippen molar-refractivity contribution in [3.8, 4) is 5.75 Å². The Kier molecular flexibility index (Phi) is 5.90. The van der Waals surface area contributed by atoms with Crippen LogP contribution < -0.4 is 4.74 Å². The van der Waals surface area contributed by atoms with E-state index in [2.05, 4.69) is 0 Å². The smallest absolute Gasteiger partial charge is 0.318 e. The number of carbonyl (C=O) groups is 1. The van der Waals surface area contributed by atoms with Crippen LogP contribution in [0.4, 0.5) is 5.69 Å². The highest BCUT2D eigenvalue weighted by molar-refractivity contribution is 7.89. The van der Waals surface area contributed by atoms with Crippen LogP contribution in [0.5, 0.6) is 5.75 Å². The molecule has 0 saturated heterocycles. The average molecular weight is 380 g/mol. The highest BCUT2D eigenvalue weighted by Gasteiger charge is 2.27. The number of hydrogen-bond donors (Lipinski definition) is 1. The second-order valence-corrected chi connectivity index (χ2v) is 7.20. The summed E-state index contributed by atoms with van der Waals surface area (Å²) in [6, 6.07) is 10.8. The van der Waals surface area contributed by atoms with Crippen molar-refractivity contribution in [2.45, 2.75) is 11.4 Å². The zero-order valence-corrected chi connectivity index (χ0v) is 14.5. The predicted molar refractivity (Wildman–Crippen MR) is 91.3 cm³/mol. The summed E-state index contributed by atoms with van der Waals surface area (Å²) >= 11 is 0. The van der Waals surface area contributed by atoms with Crippen LogP contribution in [0.1, 0.15) is 5.56 Å². The van der Waals surface area contributed by atoms with Gasteiger partial charge in [0.05, 0.1) is 16.9 Å². The minimum absolute atomic E-state index is 0.0820. The van der Waals surface area contributed by atoms with Crippen LogP contribution in [0.2, 0.25) is 0 Å². The Morgan fingerprint density at radius 3 is 2.19 bits per heavy atom. The second-order valence-electron chi connectivity index (χ2n) is 5.27. The topological polar surface area (TPSA) is 127 Å². The highest BCUT2D eigenvalue weighted by atomic mass is 32.2. The minimum Gasteiger partial charge on any atom is -0.497 e. The van der Waals surface area contributed by atoms with E-state index in [9.17, 15) is 23.3 Å². The van der Waals surface area contributed by atoms with E-state index in [-0.39, 0.29) is 17.1 Å². The van der Waals surface area contributed by atoms with Gasteiger partial charge in [0, 0.05) is 18.7 Å². The number of benzene rings is 2. The summed E-state index contributed by atoms with van der Waals surface area (Å²) in [7, 11) is -2.64. The van der Waals surface area contributed by atoms with E-state index in [4.69, 9.17) is 9.84 Å². The Bertz CT molecular complexity index is 893. The molecule has 0 aromatic heterocycles. The number of nitro groups is 1. The lowest BCUT2D eigenvalue weighted by Crippen LogP contribution is -2.35. The maximum Gasteiger partial charge on any atom is 0.318 e. The fourth-order valence-corrected chi connectivity index (χ4v) is 3.58. The third-order valence-electron chi connectivity index (χ3n) is 3.51. The molecule has 2 aromatic rings. The van der Waals surface area contributed by atoms with Gasteiger partial charge >= 0.3 is 5.97 Å². The van der Waals surface area contributed by atoms with Gasteiger partial charge in [-0.1, -0.05) is 12.1 Å². The maximum absolute atomic E-state index is 12.8. The van der Waals surface area contributed by atoms with E-state index in [1.807, 2.05) is 0 Å². The van der Waals surface area contributed by atoms with Crippen molar-refractivity contribution in [1.82, 2.24) is 4.31 Å². The molecule has 0 heterocycles. The van der Waals surface area contributed by atoms with Crippen molar-refractivity contribution in [3.05, 3.63) is 64.2 Å². The summed E-state index contributed by atoms with van der Waals surface area (Å²) < 4.78 is 31.3. The zero-order chi connectivity index (χ0) is 19.3. The number of aliphatic carboxylic acids is 1. The van der Waals surface area contributed by atoms with Gasteiger partial charge in [-0.3, -0.25) is 14.9 Å². The van der Waals surface area contributed by atoms with Gasteiger partial charge in [0.2, 0.25) is 10.0 Å². The lowest BCUT2D eigenvalue weighted by atomic mass is 10.2. The van der Waals surface area contributed by atoms with E-state index < -0.39 is 27.5 Å². The number of nitrogens with zero attached hydrogens (tertiary/aromatic N) is 2. The van der Waals surface area contributed by atoms with Crippen LogP contribution in [-0.2, 0) is 21.4 Å². The van der Waals surface area contributed by atoms with Gasteiger partial charge in [-0.25, -0.2) is 8.42 Å². The Morgan fingerprint density at radius 1 is 1.15 bits per heavy atom. The molecule has 0 aliphatic heterocycles. The molecule has 0 aliphatic rings. The largest absolute Gasteiger partial charge is 0.497 e.